The number of benzene rings is 1. The van der Waals surface area contributed by atoms with E-state index >= 15 is 0 Å². The Morgan fingerprint density at radius 1 is 1.42 bits per heavy atom. The lowest BCUT2D eigenvalue weighted by Gasteiger charge is -2.26. The van der Waals surface area contributed by atoms with Gasteiger partial charge >= 0.3 is 0 Å². The van der Waals surface area contributed by atoms with E-state index in [1.54, 1.807) is 4.90 Å². The van der Waals surface area contributed by atoms with Crippen LogP contribution in [0.2, 0.25) is 0 Å². The molecule has 1 heterocycles. The fraction of sp³-hybridized carbons (Fsp3) is 0.500. The van der Waals surface area contributed by atoms with Gasteiger partial charge in [0.1, 0.15) is 11.6 Å². The van der Waals surface area contributed by atoms with Crippen LogP contribution in [0, 0.1) is 24.5 Å². The van der Waals surface area contributed by atoms with Crippen LogP contribution >= 0.6 is 0 Å². The molecular weight excluding hydrogens is 250 g/mol. The van der Waals surface area contributed by atoms with Crippen LogP contribution in [0.25, 0.3) is 0 Å². The lowest BCUT2D eigenvalue weighted by atomic mass is 10.0. The molecular formula is C14H18F2N2O. The average Bonchev–Trinajstić information content (AvgIpc) is 2.74. The second-order valence-corrected chi connectivity index (χ2v) is 5.15. The number of amides is 1. The predicted octanol–water partition coefficient (Wildman–Crippen LogP) is 2.08. The van der Waals surface area contributed by atoms with Gasteiger partial charge in [0.2, 0.25) is 0 Å². The highest BCUT2D eigenvalue weighted by Crippen LogP contribution is 2.26. The predicted molar refractivity (Wildman–Crippen MR) is 68.8 cm³/mol. The highest BCUT2D eigenvalue weighted by atomic mass is 19.1. The van der Waals surface area contributed by atoms with Crippen molar-refractivity contribution < 1.29 is 13.6 Å². The number of likely N-dealkylation sites (tertiary alicyclic amines) is 1. The van der Waals surface area contributed by atoms with Crippen LogP contribution in [0.3, 0.4) is 0 Å². The van der Waals surface area contributed by atoms with E-state index in [0.717, 1.165) is 12.5 Å². The largest absolute Gasteiger partial charge is 0.334 e. The molecule has 2 atom stereocenters. The lowest BCUT2D eigenvalue weighted by Crippen LogP contribution is -2.42. The number of nitrogens with two attached hydrogens (primary N) is 1. The summed E-state index contributed by atoms with van der Waals surface area (Å²) in [5, 5.41) is 0. The molecule has 1 amide bonds. The van der Waals surface area contributed by atoms with Crippen molar-refractivity contribution in [2.24, 2.45) is 11.7 Å². The summed E-state index contributed by atoms with van der Waals surface area (Å²) in [6.45, 7) is 4.46. The minimum absolute atomic E-state index is 0.0720. The van der Waals surface area contributed by atoms with Crippen LogP contribution in [0.1, 0.15) is 29.3 Å². The van der Waals surface area contributed by atoms with Gasteiger partial charge in [-0.05, 0) is 30.9 Å². The van der Waals surface area contributed by atoms with E-state index in [9.17, 15) is 13.6 Å². The maximum Gasteiger partial charge on any atom is 0.257 e. The van der Waals surface area contributed by atoms with E-state index in [1.165, 1.54) is 13.0 Å². The van der Waals surface area contributed by atoms with Gasteiger partial charge in [-0.15, -0.1) is 0 Å². The van der Waals surface area contributed by atoms with Gasteiger partial charge in [0.25, 0.3) is 5.91 Å². The number of carbonyl (C=O) groups is 1. The number of halogens is 2. The van der Waals surface area contributed by atoms with Crippen LogP contribution in [0.4, 0.5) is 8.78 Å². The van der Waals surface area contributed by atoms with Crippen molar-refractivity contribution in [1.82, 2.24) is 4.90 Å². The molecule has 0 bridgehead atoms. The van der Waals surface area contributed by atoms with Gasteiger partial charge in [-0.2, -0.15) is 0 Å². The molecule has 0 spiro atoms. The van der Waals surface area contributed by atoms with Crippen LogP contribution in [0.5, 0.6) is 0 Å². The smallest absolute Gasteiger partial charge is 0.257 e. The van der Waals surface area contributed by atoms with E-state index in [0.29, 0.717) is 19.0 Å². The summed E-state index contributed by atoms with van der Waals surface area (Å²) in [6.07, 6.45) is 0.857. The summed E-state index contributed by atoms with van der Waals surface area (Å²) in [4.78, 5) is 14.0. The molecule has 1 saturated heterocycles. The molecule has 0 aromatic heterocycles. The van der Waals surface area contributed by atoms with E-state index in [1.807, 2.05) is 6.92 Å². The molecule has 1 aliphatic rings. The number of nitrogens with zero attached hydrogens (tertiary/aromatic N) is 1. The lowest BCUT2D eigenvalue weighted by molar-refractivity contribution is 0.0722. The SMILES string of the molecule is Cc1cc(C(=O)N2CCC(C)C2CN)c(F)cc1F. The Bertz CT molecular complexity index is 504. The summed E-state index contributed by atoms with van der Waals surface area (Å²) in [6, 6.07) is 1.96. The molecule has 1 fully saturated rings. The maximum absolute atomic E-state index is 13.7. The van der Waals surface area contributed by atoms with Crippen molar-refractivity contribution in [2.45, 2.75) is 26.3 Å². The number of rotatable bonds is 2. The summed E-state index contributed by atoms with van der Waals surface area (Å²) in [5.74, 6) is -1.55. The quantitative estimate of drug-likeness (QED) is 0.892. The van der Waals surface area contributed by atoms with Gasteiger partial charge in [0.05, 0.1) is 5.56 Å². The molecule has 2 N–H and O–H groups in total. The fourth-order valence-corrected chi connectivity index (χ4v) is 2.60. The van der Waals surface area contributed by atoms with Crippen molar-refractivity contribution in [2.75, 3.05) is 13.1 Å². The third-order valence-electron chi connectivity index (χ3n) is 3.86. The van der Waals surface area contributed by atoms with E-state index < -0.39 is 17.5 Å². The molecule has 2 rings (SSSR count). The van der Waals surface area contributed by atoms with Gasteiger partial charge in [0.15, 0.2) is 0 Å². The molecule has 0 radical (unpaired) electrons. The third-order valence-corrected chi connectivity index (χ3v) is 3.86. The first-order valence-corrected chi connectivity index (χ1v) is 6.42. The first-order valence-electron chi connectivity index (χ1n) is 6.42. The van der Waals surface area contributed by atoms with Crippen molar-refractivity contribution >= 4 is 5.91 Å². The second kappa shape index (κ2) is 5.25. The summed E-state index contributed by atoms with van der Waals surface area (Å²) in [5.41, 5.74) is 5.86. The molecule has 1 aliphatic heterocycles. The Morgan fingerprint density at radius 2 is 2.11 bits per heavy atom. The van der Waals surface area contributed by atoms with Gasteiger partial charge in [-0.1, -0.05) is 6.92 Å². The zero-order valence-corrected chi connectivity index (χ0v) is 11.1. The van der Waals surface area contributed by atoms with Crippen LogP contribution in [0.15, 0.2) is 12.1 Å². The molecule has 2 unspecified atom stereocenters. The Hall–Kier alpha value is -1.49. The molecule has 3 nitrogen and oxygen atoms in total. The fourth-order valence-electron chi connectivity index (χ4n) is 2.60. The number of carbonyl (C=O) groups excluding carboxylic acids is 1. The number of aryl methyl sites for hydroxylation is 1. The Kier molecular flexibility index (Phi) is 3.85. The summed E-state index contributed by atoms with van der Waals surface area (Å²) >= 11 is 0. The third kappa shape index (κ3) is 2.47. The second-order valence-electron chi connectivity index (χ2n) is 5.15. The summed E-state index contributed by atoms with van der Waals surface area (Å²) in [7, 11) is 0. The van der Waals surface area contributed by atoms with E-state index in [2.05, 4.69) is 0 Å². The Balaban J connectivity index is 2.32. The highest BCUT2D eigenvalue weighted by molar-refractivity contribution is 5.95. The highest BCUT2D eigenvalue weighted by Gasteiger charge is 2.34. The van der Waals surface area contributed by atoms with Crippen molar-refractivity contribution in [3.05, 3.63) is 34.9 Å². The minimum Gasteiger partial charge on any atom is -0.334 e. The first-order chi connectivity index (χ1) is 8.95. The zero-order chi connectivity index (χ0) is 14.2. The van der Waals surface area contributed by atoms with Gasteiger partial charge in [-0.25, -0.2) is 8.78 Å². The molecule has 5 heteroatoms. The Morgan fingerprint density at radius 3 is 2.74 bits per heavy atom. The molecule has 104 valence electrons. The Labute approximate surface area is 111 Å². The van der Waals surface area contributed by atoms with Crippen LogP contribution in [-0.2, 0) is 0 Å². The van der Waals surface area contributed by atoms with Crippen molar-refractivity contribution in [3.8, 4) is 0 Å². The molecule has 0 aliphatic carbocycles. The zero-order valence-electron chi connectivity index (χ0n) is 11.1. The summed E-state index contributed by atoms with van der Waals surface area (Å²) < 4.78 is 27.0. The standard InChI is InChI=1S/C14H18F2N2O/c1-8-3-4-18(13(8)7-17)14(19)10-5-9(2)11(15)6-12(10)16/h5-6,8,13H,3-4,7,17H2,1-2H3. The van der Waals surface area contributed by atoms with E-state index in [4.69, 9.17) is 5.73 Å². The first kappa shape index (κ1) is 13.9. The molecule has 19 heavy (non-hydrogen) atoms. The normalized spacial score (nSPS) is 22.9. The topological polar surface area (TPSA) is 46.3 Å². The van der Waals surface area contributed by atoms with E-state index in [-0.39, 0.29) is 17.2 Å². The maximum atomic E-state index is 13.7. The number of hydrogen-bond donors (Lipinski definition) is 1. The minimum atomic E-state index is -0.816. The van der Waals surface area contributed by atoms with Crippen LogP contribution < -0.4 is 5.73 Å². The molecule has 1 aromatic carbocycles. The molecule has 0 saturated carbocycles. The average molecular weight is 268 g/mol. The van der Waals surface area contributed by atoms with Gasteiger partial charge < -0.3 is 10.6 Å². The monoisotopic (exact) mass is 268 g/mol. The van der Waals surface area contributed by atoms with Gasteiger partial charge in [0, 0.05) is 25.2 Å². The van der Waals surface area contributed by atoms with Crippen molar-refractivity contribution in [1.29, 1.82) is 0 Å². The molecule has 1 aromatic rings. The number of hydrogen-bond acceptors (Lipinski definition) is 2. The van der Waals surface area contributed by atoms with Crippen molar-refractivity contribution in [3.63, 3.8) is 0 Å². The van der Waals surface area contributed by atoms with Gasteiger partial charge in [-0.3, -0.25) is 4.79 Å². The van der Waals surface area contributed by atoms with Crippen LogP contribution in [-0.4, -0.2) is 29.9 Å².